The summed E-state index contributed by atoms with van der Waals surface area (Å²) in [7, 11) is 0. The minimum atomic E-state index is 0.585. The van der Waals surface area contributed by atoms with Crippen LogP contribution in [-0.4, -0.2) is 15.8 Å². The van der Waals surface area contributed by atoms with E-state index in [4.69, 9.17) is 23.2 Å². The highest BCUT2D eigenvalue weighted by Crippen LogP contribution is 2.23. The summed E-state index contributed by atoms with van der Waals surface area (Å²) in [6, 6.07) is 6.42. The van der Waals surface area contributed by atoms with Crippen molar-refractivity contribution in [2.45, 2.75) is 38.9 Å². The summed E-state index contributed by atoms with van der Waals surface area (Å²) in [5, 5.41) is 9.15. The van der Waals surface area contributed by atoms with Gasteiger partial charge >= 0.3 is 0 Å². The van der Waals surface area contributed by atoms with Gasteiger partial charge in [-0.3, -0.25) is 4.68 Å². The number of nitrogens with one attached hydrogen (secondary N) is 1. The number of hydrogen-bond acceptors (Lipinski definition) is 2. The second kappa shape index (κ2) is 5.76. The zero-order valence-corrected chi connectivity index (χ0v) is 12.9. The number of benzene rings is 1. The third-order valence-corrected chi connectivity index (χ3v) is 4.42. The molecule has 0 amide bonds. The first kappa shape index (κ1) is 13.9. The van der Waals surface area contributed by atoms with Gasteiger partial charge in [0, 0.05) is 23.8 Å². The minimum Gasteiger partial charge on any atom is -0.310 e. The molecule has 1 saturated carbocycles. The van der Waals surface area contributed by atoms with Crippen molar-refractivity contribution in [3.8, 4) is 0 Å². The molecule has 1 heterocycles. The maximum Gasteiger partial charge on any atom is 0.0663 e. The van der Waals surface area contributed by atoms with Crippen LogP contribution in [0.5, 0.6) is 0 Å². The molecule has 106 valence electrons. The Kier molecular flexibility index (Phi) is 4.01. The van der Waals surface area contributed by atoms with Gasteiger partial charge in [-0.1, -0.05) is 29.3 Å². The molecule has 1 fully saturated rings. The lowest BCUT2D eigenvalue weighted by Gasteiger charge is -2.07. The van der Waals surface area contributed by atoms with Crippen LogP contribution in [-0.2, 0) is 13.1 Å². The highest BCUT2D eigenvalue weighted by molar-refractivity contribution is 6.42. The fourth-order valence-electron chi connectivity index (χ4n) is 2.17. The second-order valence-corrected chi connectivity index (χ2v) is 6.13. The predicted molar refractivity (Wildman–Crippen MR) is 82.4 cm³/mol. The van der Waals surface area contributed by atoms with Crippen LogP contribution in [0.1, 0.15) is 29.7 Å². The van der Waals surface area contributed by atoms with Crippen molar-refractivity contribution in [3.05, 3.63) is 51.3 Å². The molecular formula is C15H17Cl2N3. The Hall–Kier alpha value is -1.03. The van der Waals surface area contributed by atoms with Crippen LogP contribution < -0.4 is 5.32 Å². The lowest BCUT2D eigenvalue weighted by atomic mass is 10.2. The Labute approximate surface area is 128 Å². The van der Waals surface area contributed by atoms with Crippen molar-refractivity contribution in [3.63, 3.8) is 0 Å². The standard InChI is InChI=1S/C15H17Cl2N3/c1-10-12(7-18-13-3-4-13)8-19-20(10)9-11-2-5-14(16)15(17)6-11/h2,5-6,8,13,18H,3-4,7,9H2,1H3. The molecule has 5 heteroatoms. The molecule has 0 radical (unpaired) electrons. The Morgan fingerprint density at radius 3 is 2.80 bits per heavy atom. The van der Waals surface area contributed by atoms with E-state index in [0.717, 1.165) is 12.1 Å². The molecule has 1 aliphatic rings. The smallest absolute Gasteiger partial charge is 0.0663 e. The van der Waals surface area contributed by atoms with Gasteiger partial charge in [-0.2, -0.15) is 5.10 Å². The molecule has 0 saturated heterocycles. The van der Waals surface area contributed by atoms with E-state index in [0.29, 0.717) is 22.6 Å². The summed E-state index contributed by atoms with van der Waals surface area (Å²) in [5.41, 5.74) is 3.56. The molecule has 20 heavy (non-hydrogen) atoms. The molecule has 1 aromatic heterocycles. The van der Waals surface area contributed by atoms with E-state index in [-0.39, 0.29) is 0 Å². The van der Waals surface area contributed by atoms with E-state index < -0.39 is 0 Å². The van der Waals surface area contributed by atoms with Crippen LogP contribution in [0.25, 0.3) is 0 Å². The molecule has 1 aliphatic carbocycles. The van der Waals surface area contributed by atoms with Crippen LogP contribution >= 0.6 is 23.2 Å². The van der Waals surface area contributed by atoms with E-state index in [1.54, 1.807) is 0 Å². The molecule has 0 unspecified atom stereocenters. The molecule has 0 bridgehead atoms. The lowest BCUT2D eigenvalue weighted by Crippen LogP contribution is -2.16. The quantitative estimate of drug-likeness (QED) is 0.910. The zero-order chi connectivity index (χ0) is 14.1. The first-order valence-corrected chi connectivity index (χ1v) is 7.57. The average molecular weight is 310 g/mol. The van der Waals surface area contributed by atoms with Crippen LogP contribution in [0.2, 0.25) is 10.0 Å². The van der Waals surface area contributed by atoms with E-state index in [1.807, 2.05) is 29.1 Å². The molecule has 1 N–H and O–H groups in total. The van der Waals surface area contributed by atoms with Crippen molar-refractivity contribution >= 4 is 23.2 Å². The fraction of sp³-hybridized carbons (Fsp3) is 0.400. The van der Waals surface area contributed by atoms with Gasteiger partial charge < -0.3 is 5.32 Å². The van der Waals surface area contributed by atoms with Crippen molar-refractivity contribution in [2.75, 3.05) is 0 Å². The second-order valence-electron chi connectivity index (χ2n) is 5.32. The van der Waals surface area contributed by atoms with E-state index >= 15 is 0 Å². The van der Waals surface area contributed by atoms with Crippen molar-refractivity contribution in [2.24, 2.45) is 0 Å². The fourth-order valence-corrected chi connectivity index (χ4v) is 2.49. The van der Waals surface area contributed by atoms with E-state index in [2.05, 4.69) is 17.3 Å². The van der Waals surface area contributed by atoms with Crippen molar-refractivity contribution < 1.29 is 0 Å². The topological polar surface area (TPSA) is 29.9 Å². The molecule has 0 atom stereocenters. The summed E-state index contributed by atoms with van der Waals surface area (Å²) in [6.07, 6.45) is 4.55. The molecule has 3 nitrogen and oxygen atoms in total. The summed E-state index contributed by atoms with van der Waals surface area (Å²) in [4.78, 5) is 0. The number of nitrogens with zero attached hydrogens (tertiary/aromatic N) is 2. The van der Waals surface area contributed by atoms with Gasteiger partial charge in [-0.05, 0) is 37.5 Å². The minimum absolute atomic E-state index is 0.585. The third-order valence-electron chi connectivity index (χ3n) is 3.68. The van der Waals surface area contributed by atoms with Crippen molar-refractivity contribution in [1.82, 2.24) is 15.1 Å². The summed E-state index contributed by atoms with van der Waals surface area (Å²) in [5.74, 6) is 0. The molecular weight excluding hydrogens is 293 g/mol. The molecule has 3 rings (SSSR count). The van der Waals surface area contributed by atoms with Gasteiger partial charge in [0.15, 0.2) is 0 Å². The lowest BCUT2D eigenvalue weighted by molar-refractivity contribution is 0.654. The number of rotatable bonds is 5. The molecule has 1 aromatic carbocycles. The summed E-state index contributed by atoms with van der Waals surface area (Å²) < 4.78 is 2.00. The number of halogens is 2. The number of aromatic nitrogens is 2. The highest BCUT2D eigenvalue weighted by Gasteiger charge is 2.20. The Balaban J connectivity index is 1.71. The maximum atomic E-state index is 6.04. The van der Waals surface area contributed by atoms with E-state index in [9.17, 15) is 0 Å². The first-order chi connectivity index (χ1) is 9.63. The van der Waals surface area contributed by atoms with Crippen LogP contribution in [0.4, 0.5) is 0 Å². The normalized spacial score (nSPS) is 14.8. The van der Waals surface area contributed by atoms with Gasteiger partial charge in [0.2, 0.25) is 0 Å². The van der Waals surface area contributed by atoms with E-state index in [1.165, 1.54) is 24.1 Å². The Bertz CT molecular complexity index is 618. The van der Waals surface area contributed by atoms with Gasteiger partial charge in [0.25, 0.3) is 0 Å². The summed E-state index contributed by atoms with van der Waals surface area (Å²) in [6.45, 7) is 3.72. The number of hydrogen-bond donors (Lipinski definition) is 1. The van der Waals surface area contributed by atoms with Crippen molar-refractivity contribution in [1.29, 1.82) is 0 Å². The maximum absolute atomic E-state index is 6.04. The average Bonchev–Trinajstić information content (AvgIpc) is 3.19. The molecule has 0 spiro atoms. The first-order valence-electron chi connectivity index (χ1n) is 6.82. The Morgan fingerprint density at radius 1 is 1.30 bits per heavy atom. The van der Waals surface area contributed by atoms with Gasteiger partial charge in [-0.15, -0.1) is 0 Å². The predicted octanol–water partition coefficient (Wildman–Crippen LogP) is 3.80. The van der Waals surface area contributed by atoms with Crippen LogP contribution in [0, 0.1) is 6.92 Å². The summed E-state index contributed by atoms with van der Waals surface area (Å²) >= 11 is 12.0. The van der Waals surface area contributed by atoms with Crippen LogP contribution in [0.15, 0.2) is 24.4 Å². The molecule has 2 aromatic rings. The Morgan fingerprint density at radius 2 is 2.10 bits per heavy atom. The zero-order valence-electron chi connectivity index (χ0n) is 11.4. The largest absolute Gasteiger partial charge is 0.310 e. The third kappa shape index (κ3) is 3.17. The monoisotopic (exact) mass is 309 g/mol. The molecule has 0 aliphatic heterocycles. The SMILES string of the molecule is Cc1c(CNC2CC2)cnn1Cc1ccc(Cl)c(Cl)c1. The van der Waals surface area contributed by atoms with Crippen LogP contribution in [0.3, 0.4) is 0 Å². The van der Waals surface area contributed by atoms with Gasteiger partial charge in [-0.25, -0.2) is 0 Å². The van der Waals surface area contributed by atoms with Gasteiger partial charge in [0.1, 0.15) is 0 Å². The van der Waals surface area contributed by atoms with Gasteiger partial charge in [0.05, 0.1) is 22.8 Å². The highest BCUT2D eigenvalue weighted by atomic mass is 35.5.